The van der Waals surface area contributed by atoms with Crippen LogP contribution in [-0.2, 0) is 13.2 Å². The fourth-order valence-corrected chi connectivity index (χ4v) is 3.02. The van der Waals surface area contributed by atoms with E-state index in [2.05, 4.69) is 46.3 Å². The quantitative estimate of drug-likeness (QED) is 0.596. The summed E-state index contributed by atoms with van der Waals surface area (Å²) in [6, 6.07) is 11.4. The third-order valence-corrected chi connectivity index (χ3v) is 4.55. The van der Waals surface area contributed by atoms with Crippen LogP contribution in [0, 0.1) is 0 Å². The fraction of sp³-hybridized carbons (Fsp3) is 0.333. The minimum atomic E-state index is 0.405. The molecule has 2 aromatic carbocycles. The van der Waals surface area contributed by atoms with Crippen molar-refractivity contribution in [2.24, 2.45) is 0 Å². The van der Waals surface area contributed by atoms with Crippen LogP contribution in [0.15, 0.2) is 40.9 Å². The van der Waals surface area contributed by atoms with Gasteiger partial charge < -0.3 is 15.0 Å². The Kier molecular flexibility index (Phi) is 7.85. The number of nitrogens with one attached hydrogen (secondary N) is 1. The molecule has 0 saturated heterocycles. The second-order valence-corrected chi connectivity index (χ2v) is 7.52. The molecule has 1 N–H and O–H groups in total. The number of likely N-dealkylation sites (N-methyl/N-ethyl adjacent to an activating group) is 1. The van der Waals surface area contributed by atoms with E-state index < -0.39 is 0 Å². The zero-order valence-corrected chi connectivity index (χ0v) is 16.9. The standard InChI is InChI=1S/C18H21BrCl2N2O/c1-23(2)8-7-22-11-14-9-15(19)4-6-18(14)24-12-13-3-5-16(20)10-17(13)21/h3-6,9-10,22H,7-8,11-12H2,1-2H3. The van der Waals surface area contributed by atoms with Crippen molar-refractivity contribution >= 4 is 39.1 Å². The molecule has 0 atom stereocenters. The molecule has 0 bridgehead atoms. The fourth-order valence-electron chi connectivity index (χ4n) is 2.15. The van der Waals surface area contributed by atoms with Crippen LogP contribution in [0.4, 0.5) is 0 Å². The molecule has 0 amide bonds. The lowest BCUT2D eigenvalue weighted by molar-refractivity contribution is 0.302. The van der Waals surface area contributed by atoms with Gasteiger partial charge in [0.25, 0.3) is 0 Å². The molecule has 2 rings (SSSR count). The molecule has 24 heavy (non-hydrogen) atoms. The highest BCUT2D eigenvalue weighted by molar-refractivity contribution is 9.10. The van der Waals surface area contributed by atoms with E-state index in [1.165, 1.54) is 0 Å². The molecule has 0 aliphatic heterocycles. The van der Waals surface area contributed by atoms with E-state index in [0.717, 1.165) is 41.0 Å². The molecule has 0 fully saturated rings. The van der Waals surface area contributed by atoms with Crippen LogP contribution < -0.4 is 10.1 Å². The first-order valence-electron chi connectivity index (χ1n) is 7.66. The van der Waals surface area contributed by atoms with Gasteiger partial charge in [0, 0.05) is 45.3 Å². The smallest absolute Gasteiger partial charge is 0.124 e. The summed E-state index contributed by atoms with van der Waals surface area (Å²) < 4.78 is 7.01. The predicted octanol–water partition coefficient (Wildman–Crippen LogP) is 4.99. The third-order valence-electron chi connectivity index (χ3n) is 3.47. The summed E-state index contributed by atoms with van der Waals surface area (Å²) in [4.78, 5) is 2.15. The summed E-state index contributed by atoms with van der Waals surface area (Å²) in [7, 11) is 4.12. The number of benzene rings is 2. The lowest BCUT2D eigenvalue weighted by Gasteiger charge is -2.15. The Morgan fingerprint density at radius 3 is 2.58 bits per heavy atom. The number of rotatable bonds is 8. The minimum Gasteiger partial charge on any atom is -0.489 e. The van der Waals surface area contributed by atoms with Gasteiger partial charge in [-0.3, -0.25) is 0 Å². The SMILES string of the molecule is CN(C)CCNCc1cc(Br)ccc1OCc1ccc(Cl)cc1Cl. The van der Waals surface area contributed by atoms with Crippen molar-refractivity contribution in [3.8, 4) is 5.75 Å². The van der Waals surface area contributed by atoms with Crippen molar-refractivity contribution in [2.75, 3.05) is 27.2 Å². The molecule has 3 nitrogen and oxygen atoms in total. The van der Waals surface area contributed by atoms with E-state index in [-0.39, 0.29) is 0 Å². The second-order valence-electron chi connectivity index (χ2n) is 5.76. The van der Waals surface area contributed by atoms with Crippen LogP contribution >= 0.6 is 39.1 Å². The van der Waals surface area contributed by atoms with Gasteiger partial charge in [-0.1, -0.05) is 45.2 Å². The maximum atomic E-state index is 6.20. The third kappa shape index (κ3) is 6.26. The molecular formula is C18H21BrCl2N2O. The minimum absolute atomic E-state index is 0.405. The van der Waals surface area contributed by atoms with Gasteiger partial charge in [0.2, 0.25) is 0 Å². The number of ether oxygens (including phenoxy) is 1. The van der Waals surface area contributed by atoms with Crippen LogP contribution in [0.25, 0.3) is 0 Å². The van der Waals surface area contributed by atoms with Crippen molar-refractivity contribution in [1.82, 2.24) is 10.2 Å². The Hall–Kier alpha value is -0.780. The molecule has 0 aliphatic carbocycles. The maximum Gasteiger partial charge on any atom is 0.124 e. The lowest BCUT2D eigenvalue weighted by Crippen LogP contribution is -2.26. The van der Waals surface area contributed by atoms with Gasteiger partial charge in [-0.25, -0.2) is 0 Å². The van der Waals surface area contributed by atoms with Crippen molar-refractivity contribution in [3.05, 3.63) is 62.0 Å². The summed E-state index contributed by atoms with van der Waals surface area (Å²) in [6.45, 7) is 3.06. The molecule has 0 unspecified atom stereocenters. The molecule has 0 spiro atoms. The summed E-state index contributed by atoms with van der Waals surface area (Å²) >= 11 is 15.6. The first-order chi connectivity index (χ1) is 11.5. The van der Waals surface area contributed by atoms with Crippen LogP contribution in [0.2, 0.25) is 10.0 Å². The maximum absolute atomic E-state index is 6.20. The number of halogens is 3. The summed E-state index contributed by atoms with van der Waals surface area (Å²) in [6.07, 6.45) is 0. The van der Waals surface area contributed by atoms with Crippen molar-refractivity contribution < 1.29 is 4.74 Å². The largest absolute Gasteiger partial charge is 0.489 e. The predicted molar refractivity (Wildman–Crippen MR) is 105 cm³/mol. The molecule has 0 heterocycles. The molecule has 0 aromatic heterocycles. The molecule has 0 radical (unpaired) electrons. The topological polar surface area (TPSA) is 24.5 Å². The molecule has 2 aromatic rings. The Balaban J connectivity index is 2.01. The highest BCUT2D eigenvalue weighted by atomic mass is 79.9. The van der Waals surface area contributed by atoms with Gasteiger partial charge in [0.15, 0.2) is 0 Å². The highest BCUT2D eigenvalue weighted by Crippen LogP contribution is 2.26. The molecule has 0 saturated carbocycles. The van der Waals surface area contributed by atoms with E-state index in [1.54, 1.807) is 6.07 Å². The van der Waals surface area contributed by atoms with Gasteiger partial charge >= 0.3 is 0 Å². The number of hydrogen-bond donors (Lipinski definition) is 1. The Morgan fingerprint density at radius 1 is 1.08 bits per heavy atom. The van der Waals surface area contributed by atoms with E-state index in [0.29, 0.717) is 16.7 Å². The van der Waals surface area contributed by atoms with Crippen LogP contribution in [0.3, 0.4) is 0 Å². The zero-order chi connectivity index (χ0) is 17.5. The summed E-state index contributed by atoms with van der Waals surface area (Å²) in [5.74, 6) is 0.849. The van der Waals surface area contributed by atoms with E-state index in [4.69, 9.17) is 27.9 Å². The number of hydrogen-bond acceptors (Lipinski definition) is 3. The average molecular weight is 432 g/mol. The number of nitrogens with zero attached hydrogens (tertiary/aromatic N) is 1. The van der Waals surface area contributed by atoms with Gasteiger partial charge in [0.05, 0.1) is 0 Å². The van der Waals surface area contributed by atoms with Gasteiger partial charge in [-0.2, -0.15) is 0 Å². The second kappa shape index (κ2) is 9.64. The first-order valence-corrected chi connectivity index (χ1v) is 9.21. The molecule has 130 valence electrons. The van der Waals surface area contributed by atoms with E-state index >= 15 is 0 Å². The van der Waals surface area contributed by atoms with Crippen molar-refractivity contribution in [1.29, 1.82) is 0 Å². The highest BCUT2D eigenvalue weighted by Gasteiger charge is 2.07. The lowest BCUT2D eigenvalue weighted by atomic mass is 10.2. The zero-order valence-electron chi connectivity index (χ0n) is 13.8. The van der Waals surface area contributed by atoms with Crippen molar-refractivity contribution in [3.63, 3.8) is 0 Å². The van der Waals surface area contributed by atoms with Crippen molar-refractivity contribution in [2.45, 2.75) is 13.2 Å². The van der Waals surface area contributed by atoms with Gasteiger partial charge in [-0.15, -0.1) is 0 Å². The summed E-state index contributed by atoms with van der Waals surface area (Å²) in [5.41, 5.74) is 2.02. The van der Waals surface area contributed by atoms with E-state index in [9.17, 15) is 0 Å². The van der Waals surface area contributed by atoms with Crippen LogP contribution in [0.1, 0.15) is 11.1 Å². The monoisotopic (exact) mass is 430 g/mol. The first kappa shape index (κ1) is 19.5. The Morgan fingerprint density at radius 2 is 1.88 bits per heavy atom. The molecule has 6 heteroatoms. The summed E-state index contributed by atoms with van der Waals surface area (Å²) in [5, 5.41) is 4.67. The van der Waals surface area contributed by atoms with Crippen LogP contribution in [-0.4, -0.2) is 32.1 Å². The molecular weight excluding hydrogens is 411 g/mol. The molecule has 0 aliphatic rings. The van der Waals surface area contributed by atoms with E-state index in [1.807, 2.05) is 24.3 Å². The van der Waals surface area contributed by atoms with Gasteiger partial charge in [0.1, 0.15) is 12.4 Å². The Labute approximate surface area is 162 Å². The normalized spacial score (nSPS) is 11.1. The average Bonchev–Trinajstić information content (AvgIpc) is 2.52. The Bertz CT molecular complexity index is 680. The van der Waals surface area contributed by atoms with Crippen LogP contribution in [0.5, 0.6) is 5.75 Å². The van der Waals surface area contributed by atoms with Gasteiger partial charge in [-0.05, 0) is 44.4 Å².